The Morgan fingerprint density at radius 2 is 1.75 bits per heavy atom. The highest BCUT2D eigenvalue weighted by Gasteiger charge is 2.24. The van der Waals surface area contributed by atoms with Gasteiger partial charge in [-0.05, 0) is 68.5 Å². The Labute approximate surface area is 144 Å². The number of carbonyl (C=O) groups is 1. The van der Waals surface area contributed by atoms with E-state index in [1.807, 2.05) is 32.9 Å². The van der Waals surface area contributed by atoms with Crippen LogP contribution in [0.5, 0.6) is 5.75 Å². The molecule has 0 radical (unpaired) electrons. The summed E-state index contributed by atoms with van der Waals surface area (Å²) in [5.41, 5.74) is 4.51. The molecule has 0 aliphatic heterocycles. The second-order valence-corrected chi connectivity index (χ2v) is 7.58. The van der Waals surface area contributed by atoms with Crippen molar-refractivity contribution < 1.29 is 14.1 Å². The van der Waals surface area contributed by atoms with Crippen molar-refractivity contribution in [2.45, 2.75) is 41.0 Å². The largest absolute Gasteiger partial charge is 0.493 e. The molecule has 1 atom stereocenters. The molecule has 128 valence electrons. The first kappa shape index (κ1) is 18.5. The average molecular weight is 344 g/mol. The van der Waals surface area contributed by atoms with E-state index < -0.39 is 7.80 Å². The smallest absolute Gasteiger partial charge is 0.223 e. The number of para-hydroxylation sites is 1. The molecule has 0 saturated carbocycles. The molecule has 24 heavy (non-hydrogen) atoms. The van der Waals surface area contributed by atoms with Crippen molar-refractivity contribution in [3.63, 3.8) is 0 Å². The number of benzene rings is 2. The highest BCUT2D eigenvalue weighted by Crippen LogP contribution is 2.34. The number of hydrogen-bond donors (Lipinski definition) is 0. The van der Waals surface area contributed by atoms with Gasteiger partial charge in [-0.3, -0.25) is 4.79 Å². The van der Waals surface area contributed by atoms with Gasteiger partial charge in [0, 0.05) is 5.56 Å². The molecule has 2 rings (SSSR count). The zero-order chi connectivity index (χ0) is 17.9. The van der Waals surface area contributed by atoms with Crippen LogP contribution in [-0.4, -0.2) is 12.1 Å². The summed E-state index contributed by atoms with van der Waals surface area (Å²) in [5.74, 6) is 0.537. The van der Waals surface area contributed by atoms with Crippen molar-refractivity contribution in [3.05, 3.63) is 58.1 Å². The van der Waals surface area contributed by atoms with Crippen LogP contribution in [0.4, 0.5) is 0 Å². The van der Waals surface area contributed by atoms with E-state index in [0.29, 0.717) is 23.2 Å². The zero-order valence-electron chi connectivity index (χ0n) is 15.0. The van der Waals surface area contributed by atoms with Crippen LogP contribution in [0.3, 0.4) is 0 Å². The summed E-state index contributed by atoms with van der Waals surface area (Å²) in [6.07, 6.45) is 0.856. The normalized spacial score (nSPS) is 12.0. The predicted octanol–water partition coefficient (Wildman–Crippen LogP) is 4.60. The molecule has 0 heterocycles. The second kappa shape index (κ2) is 7.81. The lowest BCUT2D eigenvalue weighted by molar-refractivity contribution is 0.107. The Balaban J connectivity index is 2.52. The monoisotopic (exact) mass is 344 g/mol. The van der Waals surface area contributed by atoms with Crippen molar-refractivity contribution >= 4 is 18.6 Å². The van der Waals surface area contributed by atoms with Crippen molar-refractivity contribution in [1.29, 1.82) is 0 Å². The van der Waals surface area contributed by atoms with Crippen LogP contribution in [0.25, 0.3) is 0 Å². The maximum atomic E-state index is 13.0. The third kappa shape index (κ3) is 3.47. The van der Waals surface area contributed by atoms with Crippen LogP contribution in [0.2, 0.25) is 0 Å². The molecular formula is C20H25O3P. The number of hydrogen-bond acceptors (Lipinski definition) is 3. The maximum Gasteiger partial charge on any atom is 0.223 e. The van der Waals surface area contributed by atoms with E-state index in [0.717, 1.165) is 23.1 Å². The van der Waals surface area contributed by atoms with Crippen LogP contribution in [0.1, 0.15) is 46.5 Å². The molecule has 0 saturated heterocycles. The Hall–Kier alpha value is -1.86. The Morgan fingerprint density at radius 3 is 2.38 bits per heavy atom. The van der Waals surface area contributed by atoms with E-state index in [4.69, 9.17) is 4.74 Å². The topological polar surface area (TPSA) is 43.4 Å². The van der Waals surface area contributed by atoms with Crippen LogP contribution in [0.15, 0.2) is 30.3 Å². The minimum atomic E-state index is -2.64. The first-order valence-electron chi connectivity index (χ1n) is 8.32. The molecule has 0 amide bonds. The summed E-state index contributed by atoms with van der Waals surface area (Å²) < 4.78 is 18.5. The number of aryl methyl sites for hydroxylation is 2. The van der Waals surface area contributed by atoms with Crippen molar-refractivity contribution in [3.8, 4) is 5.75 Å². The van der Waals surface area contributed by atoms with Gasteiger partial charge < -0.3 is 9.30 Å². The maximum absolute atomic E-state index is 13.0. The highest BCUT2D eigenvalue weighted by atomic mass is 31.1. The lowest BCUT2D eigenvalue weighted by atomic mass is 9.93. The Bertz CT molecular complexity index is 794. The third-order valence-corrected chi connectivity index (χ3v) is 5.91. The SMILES string of the molecule is CCOc1ccccc1[PH](=O)C(=O)c1c(C)cc(C)c(CC)c1C. The summed E-state index contributed by atoms with van der Waals surface area (Å²) in [7, 11) is -2.64. The minimum Gasteiger partial charge on any atom is -0.493 e. The van der Waals surface area contributed by atoms with Gasteiger partial charge in [0.2, 0.25) is 5.52 Å². The van der Waals surface area contributed by atoms with Gasteiger partial charge in [0.1, 0.15) is 5.75 Å². The molecule has 1 unspecified atom stereocenters. The summed E-state index contributed by atoms with van der Waals surface area (Å²) in [4.78, 5) is 13.0. The number of carbonyl (C=O) groups excluding carboxylic acids is 1. The van der Waals surface area contributed by atoms with Gasteiger partial charge in [0.05, 0.1) is 11.9 Å². The molecule has 0 N–H and O–H groups in total. The summed E-state index contributed by atoms with van der Waals surface area (Å²) in [5, 5.41) is 0.506. The summed E-state index contributed by atoms with van der Waals surface area (Å²) in [6, 6.07) is 9.12. The molecule has 0 bridgehead atoms. The van der Waals surface area contributed by atoms with Gasteiger partial charge >= 0.3 is 0 Å². The fourth-order valence-electron chi connectivity index (χ4n) is 3.29. The lowest BCUT2D eigenvalue weighted by Crippen LogP contribution is -2.12. The standard InChI is InChI=1S/C20H25O3P/c1-6-16-13(3)12-14(4)19(15(16)5)20(21)24(22)18-11-9-8-10-17(18)23-7-2/h8-12,24H,6-7H2,1-5H3. The van der Waals surface area contributed by atoms with E-state index >= 15 is 0 Å². The molecule has 0 aromatic heterocycles. The van der Waals surface area contributed by atoms with E-state index in [-0.39, 0.29) is 5.52 Å². The van der Waals surface area contributed by atoms with E-state index in [1.165, 1.54) is 5.56 Å². The number of rotatable bonds is 6. The van der Waals surface area contributed by atoms with Crippen molar-refractivity contribution in [2.75, 3.05) is 6.61 Å². The van der Waals surface area contributed by atoms with E-state index in [9.17, 15) is 9.36 Å². The molecule has 4 heteroatoms. The first-order chi connectivity index (χ1) is 11.4. The second-order valence-electron chi connectivity index (χ2n) is 5.93. The van der Waals surface area contributed by atoms with Gasteiger partial charge in [-0.15, -0.1) is 0 Å². The van der Waals surface area contributed by atoms with Crippen molar-refractivity contribution in [1.82, 2.24) is 0 Å². The van der Waals surface area contributed by atoms with Gasteiger partial charge in [0.25, 0.3) is 0 Å². The van der Waals surface area contributed by atoms with Gasteiger partial charge in [-0.2, -0.15) is 0 Å². The van der Waals surface area contributed by atoms with Crippen LogP contribution < -0.4 is 10.0 Å². The molecule has 0 aliphatic rings. The Kier molecular flexibility index (Phi) is 6.01. The molecule has 2 aromatic carbocycles. The van der Waals surface area contributed by atoms with Crippen molar-refractivity contribution in [2.24, 2.45) is 0 Å². The quantitative estimate of drug-likeness (QED) is 0.720. The molecular weight excluding hydrogens is 319 g/mol. The average Bonchev–Trinajstić information content (AvgIpc) is 2.55. The minimum absolute atomic E-state index is 0.281. The zero-order valence-corrected chi connectivity index (χ0v) is 16.0. The fraction of sp³-hybridized carbons (Fsp3) is 0.350. The summed E-state index contributed by atoms with van der Waals surface area (Å²) in [6.45, 7) is 10.3. The van der Waals surface area contributed by atoms with Crippen LogP contribution >= 0.6 is 7.80 Å². The van der Waals surface area contributed by atoms with Gasteiger partial charge in [-0.1, -0.05) is 25.1 Å². The molecule has 0 aliphatic carbocycles. The molecule has 2 aromatic rings. The van der Waals surface area contributed by atoms with E-state index in [1.54, 1.807) is 18.2 Å². The highest BCUT2D eigenvalue weighted by molar-refractivity contribution is 7.71. The van der Waals surface area contributed by atoms with Crippen LogP contribution in [0, 0.1) is 20.8 Å². The lowest BCUT2D eigenvalue weighted by Gasteiger charge is -2.16. The van der Waals surface area contributed by atoms with Gasteiger partial charge in [0.15, 0.2) is 7.80 Å². The predicted molar refractivity (Wildman–Crippen MR) is 101 cm³/mol. The fourth-order valence-corrected chi connectivity index (χ4v) is 4.77. The summed E-state index contributed by atoms with van der Waals surface area (Å²) >= 11 is 0. The van der Waals surface area contributed by atoms with Gasteiger partial charge in [-0.25, -0.2) is 0 Å². The first-order valence-corrected chi connectivity index (χ1v) is 9.73. The van der Waals surface area contributed by atoms with E-state index in [2.05, 4.69) is 13.8 Å². The Morgan fingerprint density at radius 1 is 1.08 bits per heavy atom. The van der Waals surface area contributed by atoms with Crippen LogP contribution in [-0.2, 0) is 11.0 Å². The molecule has 0 spiro atoms. The third-order valence-electron chi connectivity index (χ3n) is 4.35. The molecule has 0 fully saturated rings. The molecule has 3 nitrogen and oxygen atoms in total. The number of ether oxygens (including phenoxy) is 1.